The molecule has 0 spiro atoms. The van der Waals surface area contributed by atoms with E-state index in [4.69, 9.17) is 18.9 Å². The van der Waals surface area contributed by atoms with E-state index in [1.807, 2.05) is 0 Å². The fraction of sp³-hybridized carbons (Fsp3) is 0.192. The van der Waals surface area contributed by atoms with Gasteiger partial charge in [0.15, 0.2) is 23.3 Å². The molecule has 174 valence electrons. The van der Waals surface area contributed by atoms with Gasteiger partial charge in [-0.1, -0.05) is 70.5 Å². The van der Waals surface area contributed by atoms with Crippen LogP contribution < -0.4 is 0 Å². The first-order valence-corrected chi connectivity index (χ1v) is 11.5. The molecular weight excluding hydrogens is 504 g/mol. The van der Waals surface area contributed by atoms with Crippen molar-refractivity contribution >= 4 is 33.8 Å². The zero-order valence-corrected chi connectivity index (χ0v) is 19.5. The van der Waals surface area contributed by atoms with Gasteiger partial charge in [0.2, 0.25) is 0 Å². The summed E-state index contributed by atoms with van der Waals surface area (Å²) in [7, 11) is 0. The average Bonchev–Trinajstić information content (AvgIpc) is 2.89. The molecule has 7 nitrogen and oxygen atoms in total. The molecule has 0 saturated carbocycles. The summed E-state index contributed by atoms with van der Waals surface area (Å²) in [6, 6.07) is 25.2. The minimum atomic E-state index is -1.12. The number of rotatable bonds is 6. The summed E-state index contributed by atoms with van der Waals surface area (Å²) in [6.45, 7) is -0.0688. The van der Waals surface area contributed by atoms with E-state index in [1.165, 1.54) is 0 Å². The van der Waals surface area contributed by atoms with E-state index < -0.39 is 41.2 Å². The Morgan fingerprint density at radius 2 is 1.00 bits per heavy atom. The van der Waals surface area contributed by atoms with Crippen LogP contribution in [0.5, 0.6) is 0 Å². The van der Waals surface area contributed by atoms with E-state index in [-0.39, 0.29) is 6.61 Å². The van der Waals surface area contributed by atoms with Crippen LogP contribution in [0.15, 0.2) is 91.0 Å². The molecule has 4 rings (SSSR count). The number of carbonyl (C=O) groups is 3. The van der Waals surface area contributed by atoms with Crippen molar-refractivity contribution in [2.75, 3.05) is 6.61 Å². The van der Waals surface area contributed by atoms with Crippen LogP contribution in [0, 0.1) is 0 Å². The van der Waals surface area contributed by atoms with Crippen LogP contribution in [0.3, 0.4) is 0 Å². The molecule has 1 heterocycles. The van der Waals surface area contributed by atoms with Crippen LogP contribution in [-0.2, 0) is 18.9 Å². The molecule has 1 unspecified atom stereocenters. The van der Waals surface area contributed by atoms with Crippen LogP contribution >= 0.6 is 15.9 Å². The standard InChI is InChI=1S/C26H21BrO7/c27-23-22(34-26(30)19-14-8-3-9-15-19)21(33-25(29)18-12-6-2-7-13-18)20(16-31-23)32-24(28)17-10-4-1-5-11-17/h1-15,20-23H,16H2/t20-,21+,22-,23?/m0/s1. The van der Waals surface area contributed by atoms with Gasteiger partial charge in [-0.25, -0.2) is 14.4 Å². The second kappa shape index (κ2) is 11.1. The lowest BCUT2D eigenvalue weighted by molar-refractivity contribution is -0.165. The van der Waals surface area contributed by atoms with E-state index in [2.05, 4.69) is 15.9 Å². The largest absolute Gasteiger partial charge is 0.452 e. The molecule has 34 heavy (non-hydrogen) atoms. The van der Waals surface area contributed by atoms with Crippen LogP contribution in [0.25, 0.3) is 0 Å². The SMILES string of the molecule is O=C(O[C@@H]1[C@@H](OC(=O)c2ccccc2)COC(Br)[C@H]1OC(=O)c1ccccc1)c1ccccc1. The second-order valence-electron chi connectivity index (χ2n) is 7.47. The molecule has 1 aliphatic heterocycles. The smallest absolute Gasteiger partial charge is 0.338 e. The molecule has 1 aliphatic rings. The van der Waals surface area contributed by atoms with E-state index in [1.54, 1.807) is 91.0 Å². The Hall–Kier alpha value is -3.49. The summed E-state index contributed by atoms with van der Waals surface area (Å²) in [4.78, 5) is 38.3. The predicted molar refractivity (Wildman–Crippen MR) is 126 cm³/mol. The molecule has 0 bridgehead atoms. The van der Waals surface area contributed by atoms with Crippen molar-refractivity contribution in [1.82, 2.24) is 0 Å². The van der Waals surface area contributed by atoms with Gasteiger partial charge >= 0.3 is 17.9 Å². The van der Waals surface area contributed by atoms with Crippen molar-refractivity contribution in [3.8, 4) is 0 Å². The molecule has 0 N–H and O–H groups in total. The van der Waals surface area contributed by atoms with Gasteiger partial charge in [-0.15, -0.1) is 0 Å². The van der Waals surface area contributed by atoms with Gasteiger partial charge in [0.25, 0.3) is 0 Å². The predicted octanol–water partition coefficient (Wildman–Crippen LogP) is 4.41. The second-order valence-corrected chi connectivity index (χ2v) is 8.37. The Kier molecular flexibility index (Phi) is 7.72. The molecule has 0 amide bonds. The molecule has 0 aliphatic carbocycles. The third-order valence-electron chi connectivity index (χ3n) is 5.14. The summed E-state index contributed by atoms with van der Waals surface area (Å²) in [5, 5.41) is -0.791. The Labute approximate surface area is 204 Å². The van der Waals surface area contributed by atoms with Crippen molar-refractivity contribution in [1.29, 1.82) is 0 Å². The molecular formula is C26H21BrO7. The van der Waals surface area contributed by atoms with Gasteiger partial charge < -0.3 is 18.9 Å². The molecule has 3 aromatic carbocycles. The summed E-state index contributed by atoms with van der Waals surface area (Å²) in [6.07, 6.45) is -3.21. The monoisotopic (exact) mass is 524 g/mol. The molecule has 4 atom stereocenters. The van der Waals surface area contributed by atoms with Crippen LogP contribution in [-0.4, -0.2) is 47.8 Å². The molecule has 0 radical (unpaired) electrons. The van der Waals surface area contributed by atoms with E-state index >= 15 is 0 Å². The van der Waals surface area contributed by atoms with Gasteiger partial charge in [-0.05, 0) is 36.4 Å². The lowest BCUT2D eigenvalue weighted by Crippen LogP contribution is -2.56. The Morgan fingerprint density at radius 3 is 1.44 bits per heavy atom. The minimum absolute atomic E-state index is 0.0688. The van der Waals surface area contributed by atoms with Crippen molar-refractivity contribution in [3.05, 3.63) is 108 Å². The number of esters is 3. The number of benzene rings is 3. The lowest BCUT2D eigenvalue weighted by atomic mass is 10.0. The number of ether oxygens (including phenoxy) is 4. The van der Waals surface area contributed by atoms with Crippen LogP contribution in [0.1, 0.15) is 31.1 Å². The Bertz CT molecular complexity index is 1120. The third kappa shape index (κ3) is 5.70. The number of hydrogen-bond donors (Lipinski definition) is 0. The number of halogens is 1. The zero-order chi connectivity index (χ0) is 23.9. The fourth-order valence-corrected chi connectivity index (χ4v) is 3.97. The highest BCUT2D eigenvalue weighted by molar-refractivity contribution is 9.09. The van der Waals surface area contributed by atoms with E-state index in [9.17, 15) is 14.4 Å². The van der Waals surface area contributed by atoms with Gasteiger partial charge in [0.1, 0.15) is 0 Å². The molecule has 1 saturated heterocycles. The van der Waals surface area contributed by atoms with Crippen molar-refractivity contribution in [3.63, 3.8) is 0 Å². The van der Waals surface area contributed by atoms with Crippen molar-refractivity contribution in [2.45, 2.75) is 23.3 Å². The van der Waals surface area contributed by atoms with E-state index in [0.717, 1.165) is 0 Å². The molecule has 8 heteroatoms. The quantitative estimate of drug-likeness (QED) is 0.268. The van der Waals surface area contributed by atoms with Crippen molar-refractivity contribution in [2.24, 2.45) is 0 Å². The number of hydrogen-bond acceptors (Lipinski definition) is 7. The summed E-state index contributed by atoms with van der Waals surface area (Å²) in [5.41, 5.74) is 0.953. The molecule has 3 aromatic rings. The highest BCUT2D eigenvalue weighted by atomic mass is 79.9. The first-order chi connectivity index (χ1) is 16.5. The number of alkyl halides is 1. The van der Waals surface area contributed by atoms with Gasteiger partial charge in [-0.3, -0.25) is 0 Å². The maximum Gasteiger partial charge on any atom is 0.338 e. The molecule has 1 fully saturated rings. The Balaban J connectivity index is 1.59. The maximum absolute atomic E-state index is 12.9. The highest BCUT2D eigenvalue weighted by Gasteiger charge is 2.47. The first-order valence-electron chi connectivity index (χ1n) is 10.6. The maximum atomic E-state index is 12.9. The van der Waals surface area contributed by atoms with Crippen LogP contribution in [0.4, 0.5) is 0 Å². The Morgan fingerprint density at radius 1 is 0.618 bits per heavy atom. The zero-order valence-electron chi connectivity index (χ0n) is 17.9. The normalized spacial score (nSPS) is 21.8. The topological polar surface area (TPSA) is 88.1 Å². The fourth-order valence-electron chi connectivity index (χ4n) is 3.41. The highest BCUT2D eigenvalue weighted by Crippen LogP contribution is 2.29. The average molecular weight is 525 g/mol. The minimum Gasteiger partial charge on any atom is -0.452 e. The lowest BCUT2D eigenvalue weighted by Gasteiger charge is -2.38. The summed E-state index contributed by atoms with van der Waals surface area (Å²) >= 11 is 3.35. The summed E-state index contributed by atoms with van der Waals surface area (Å²) < 4.78 is 22.7. The first kappa shape index (κ1) is 23.7. The van der Waals surface area contributed by atoms with Crippen molar-refractivity contribution < 1.29 is 33.3 Å². The van der Waals surface area contributed by atoms with Gasteiger partial charge in [0, 0.05) is 0 Å². The third-order valence-corrected chi connectivity index (χ3v) is 5.93. The number of carbonyl (C=O) groups excluding carboxylic acids is 3. The van der Waals surface area contributed by atoms with Crippen LogP contribution in [0.2, 0.25) is 0 Å². The van der Waals surface area contributed by atoms with Gasteiger partial charge in [-0.2, -0.15) is 0 Å². The molecule has 0 aromatic heterocycles. The van der Waals surface area contributed by atoms with E-state index in [0.29, 0.717) is 16.7 Å². The van der Waals surface area contributed by atoms with Gasteiger partial charge in [0.05, 0.1) is 23.3 Å². The summed E-state index contributed by atoms with van der Waals surface area (Å²) in [5.74, 6) is -1.89.